The predicted molar refractivity (Wildman–Crippen MR) is 109 cm³/mol. The highest BCUT2D eigenvalue weighted by Gasteiger charge is 2.26. The fourth-order valence-corrected chi connectivity index (χ4v) is 3.71. The highest BCUT2D eigenvalue weighted by Crippen LogP contribution is 2.25. The van der Waals surface area contributed by atoms with E-state index in [9.17, 15) is 10.2 Å². The number of hydrogen-bond donors (Lipinski definition) is 4. The largest absolute Gasteiger partial charge is 0.497 e. The molecule has 0 saturated carbocycles. The summed E-state index contributed by atoms with van der Waals surface area (Å²) < 4.78 is 10.2. The molecule has 152 valence electrons. The minimum Gasteiger partial charge on any atom is -0.497 e. The molecular formula is C22H30N2O4. The fourth-order valence-electron chi connectivity index (χ4n) is 3.71. The van der Waals surface area contributed by atoms with Crippen molar-refractivity contribution in [1.29, 1.82) is 0 Å². The van der Waals surface area contributed by atoms with E-state index in [0.717, 1.165) is 24.6 Å². The van der Waals surface area contributed by atoms with Crippen LogP contribution in [-0.2, 0) is 0 Å². The number of β-amino-alcohol motifs (C(OH)–C–C–N with tert-alkyl or cyclic N) is 2. The first-order chi connectivity index (χ1) is 13.6. The number of ether oxygens (including phenoxy) is 2. The summed E-state index contributed by atoms with van der Waals surface area (Å²) in [6, 6.07) is 15.8. The summed E-state index contributed by atoms with van der Waals surface area (Å²) in [5, 5.41) is 25.7. The lowest BCUT2D eigenvalue weighted by Gasteiger charge is -2.13. The van der Waals surface area contributed by atoms with Crippen LogP contribution in [0.25, 0.3) is 0 Å². The van der Waals surface area contributed by atoms with E-state index in [2.05, 4.69) is 10.6 Å². The standard InChI is InChI=1S/2C11H15NO2/c2*1-14-9-4-2-8(3-5-9)10-6-12-7-11(10)13/h2*2-5,10-13H,6-7H2,1H3. The van der Waals surface area contributed by atoms with E-state index in [1.807, 2.05) is 48.5 Å². The number of methoxy groups -OCH3 is 2. The zero-order valence-corrected chi connectivity index (χ0v) is 16.5. The zero-order chi connectivity index (χ0) is 19.9. The molecule has 0 radical (unpaired) electrons. The van der Waals surface area contributed by atoms with Gasteiger partial charge in [-0.1, -0.05) is 24.3 Å². The number of nitrogens with one attached hydrogen (secondary N) is 2. The first kappa shape index (κ1) is 20.6. The van der Waals surface area contributed by atoms with E-state index in [1.165, 1.54) is 11.1 Å². The van der Waals surface area contributed by atoms with Crippen molar-refractivity contribution in [3.8, 4) is 11.5 Å². The van der Waals surface area contributed by atoms with Crippen LogP contribution in [0, 0.1) is 0 Å². The van der Waals surface area contributed by atoms with Gasteiger partial charge in [0.25, 0.3) is 0 Å². The molecule has 0 aromatic heterocycles. The third-order valence-corrected chi connectivity index (χ3v) is 5.45. The maximum atomic E-state index is 9.68. The molecule has 2 fully saturated rings. The second-order valence-corrected chi connectivity index (χ2v) is 7.21. The lowest BCUT2D eigenvalue weighted by Crippen LogP contribution is -2.15. The van der Waals surface area contributed by atoms with Crippen molar-refractivity contribution in [2.45, 2.75) is 24.0 Å². The zero-order valence-electron chi connectivity index (χ0n) is 16.5. The summed E-state index contributed by atoms with van der Waals surface area (Å²) in [4.78, 5) is 0. The molecule has 4 unspecified atom stereocenters. The summed E-state index contributed by atoms with van der Waals surface area (Å²) in [5.74, 6) is 2.16. The smallest absolute Gasteiger partial charge is 0.118 e. The average molecular weight is 386 g/mol. The number of rotatable bonds is 4. The molecule has 2 heterocycles. The van der Waals surface area contributed by atoms with Crippen molar-refractivity contribution in [2.24, 2.45) is 0 Å². The molecule has 4 N–H and O–H groups in total. The van der Waals surface area contributed by atoms with Crippen LogP contribution in [0.4, 0.5) is 0 Å². The van der Waals surface area contributed by atoms with Gasteiger partial charge in [0.2, 0.25) is 0 Å². The predicted octanol–water partition coefficient (Wildman–Crippen LogP) is 1.49. The third kappa shape index (κ3) is 5.02. The number of hydrogen-bond acceptors (Lipinski definition) is 6. The van der Waals surface area contributed by atoms with Gasteiger partial charge in [-0.3, -0.25) is 0 Å². The molecule has 28 heavy (non-hydrogen) atoms. The van der Waals surface area contributed by atoms with Gasteiger partial charge in [-0.15, -0.1) is 0 Å². The van der Waals surface area contributed by atoms with Gasteiger partial charge in [0.1, 0.15) is 11.5 Å². The molecule has 6 heteroatoms. The van der Waals surface area contributed by atoms with E-state index >= 15 is 0 Å². The van der Waals surface area contributed by atoms with Crippen LogP contribution in [0.5, 0.6) is 11.5 Å². The van der Waals surface area contributed by atoms with Crippen LogP contribution in [0.15, 0.2) is 48.5 Å². The lowest BCUT2D eigenvalue weighted by atomic mass is 9.96. The van der Waals surface area contributed by atoms with Gasteiger partial charge in [0.05, 0.1) is 26.4 Å². The van der Waals surface area contributed by atoms with Gasteiger partial charge in [-0.05, 0) is 35.4 Å². The average Bonchev–Trinajstić information content (AvgIpc) is 3.37. The highest BCUT2D eigenvalue weighted by molar-refractivity contribution is 5.31. The Morgan fingerprint density at radius 1 is 0.643 bits per heavy atom. The Labute approximate surface area is 166 Å². The molecule has 4 atom stereocenters. The van der Waals surface area contributed by atoms with Crippen molar-refractivity contribution < 1.29 is 19.7 Å². The fraction of sp³-hybridized carbons (Fsp3) is 0.455. The maximum absolute atomic E-state index is 9.68. The molecule has 0 aliphatic carbocycles. The first-order valence-corrected chi connectivity index (χ1v) is 9.68. The van der Waals surface area contributed by atoms with Crippen LogP contribution in [0.3, 0.4) is 0 Å². The molecule has 2 aliphatic rings. The van der Waals surface area contributed by atoms with Crippen LogP contribution in [0.1, 0.15) is 23.0 Å². The molecule has 6 nitrogen and oxygen atoms in total. The summed E-state index contributed by atoms with van der Waals surface area (Å²) in [7, 11) is 3.31. The van der Waals surface area contributed by atoms with E-state index in [4.69, 9.17) is 9.47 Å². The minimum atomic E-state index is -0.261. The van der Waals surface area contributed by atoms with Crippen molar-refractivity contribution in [1.82, 2.24) is 10.6 Å². The van der Waals surface area contributed by atoms with Gasteiger partial charge in [-0.25, -0.2) is 0 Å². The van der Waals surface area contributed by atoms with Gasteiger partial charge in [0.15, 0.2) is 0 Å². The molecule has 2 aliphatic heterocycles. The summed E-state index contributed by atoms with van der Waals surface area (Å²) in [6.07, 6.45) is -0.521. The Kier molecular flexibility index (Phi) is 7.28. The van der Waals surface area contributed by atoms with Crippen molar-refractivity contribution in [2.75, 3.05) is 40.4 Å². The minimum absolute atomic E-state index is 0.223. The number of benzene rings is 2. The molecular weight excluding hydrogens is 356 g/mol. The van der Waals surface area contributed by atoms with E-state index in [1.54, 1.807) is 14.2 Å². The quantitative estimate of drug-likeness (QED) is 0.637. The van der Waals surface area contributed by atoms with Gasteiger partial charge in [-0.2, -0.15) is 0 Å². The molecule has 0 bridgehead atoms. The van der Waals surface area contributed by atoms with Crippen LogP contribution in [-0.4, -0.2) is 62.8 Å². The van der Waals surface area contributed by atoms with Crippen LogP contribution >= 0.6 is 0 Å². The van der Waals surface area contributed by atoms with Gasteiger partial charge >= 0.3 is 0 Å². The molecule has 2 aromatic carbocycles. The Bertz CT molecular complexity index is 657. The van der Waals surface area contributed by atoms with Crippen LogP contribution in [0.2, 0.25) is 0 Å². The highest BCUT2D eigenvalue weighted by atomic mass is 16.5. The lowest BCUT2D eigenvalue weighted by molar-refractivity contribution is 0.177. The Morgan fingerprint density at radius 3 is 1.25 bits per heavy atom. The Balaban J connectivity index is 0.000000161. The second kappa shape index (κ2) is 9.89. The number of aliphatic hydroxyl groups excluding tert-OH is 2. The van der Waals surface area contributed by atoms with E-state index < -0.39 is 0 Å². The summed E-state index contributed by atoms with van der Waals surface area (Å²) in [6.45, 7) is 3.09. The van der Waals surface area contributed by atoms with E-state index in [-0.39, 0.29) is 24.0 Å². The monoisotopic (exact) mass is 386 g/mol. The molecule has 0 spiro atoms. The molecule has 4 rings (SSSR count). The van der Waals surface area contributed by atoms with Gasteiger partial charge in [0, 0.05) is 38.0 Å². The SMILES string of the molecule is COc1ccc(C2CNCC2O)cc1.COc1ccc(C2CNCC2O)cc1. The second-order valence-electron chi connectivity index (χ2n) is 7.21. The third-order valence-electron chi connectivity index (χ3n) is 5.45. The topological polar surface area (TPSA) is 83.0 Å². The van der Waals surface area contributed by atoms with Crippen molar-refractivity contribution in [3.05, 3.63) is 59.7 Å². The van der Waals surface area contributed by atoms with Crippen molar-refractivity contribution in [3.63, 3.8) is 0 Å². The van der Waals surface area contributed by atoms with Gasteiger partial charge < -0.3 is 30.3 Å². The first-order valence-electron chi connectivity index (χ1n) is 9.68. The maximum Gasteiger partial charge on any atom is 0.118 e. The summed E-state index contributed by atoms with van der Waals surface area (Å²) in [5.41, 5.74) is 2.34. The molecule has 2 saturated heterocycles. The molecule has 2 aromatic rings. The Morgan fingerprint density at radius 2 is 1.00 bits per heavy atom. The Hall–Kier alpha value is -2.12. The molecule has 0 amide bonds. The van der Waals surface area contributed by atoms with E-state index in [0.29, 0.717) is 13.1 Å². The van der Waals surface area contributed by atoms with Crippen molar-refractivity contribution >= 4 is 0 Å². The summed E-state index contributed by atoms with van der Waals surface area (Å²) >= 11 is 0. The normalized spacial score (nSPS) is 26.4. The van der Waals surface area contributed by atoms with Crippen LogP contribution < -0.4 is 20.1 Å². The number of aliphatic hydroxyl groups is 2.